The maximum Gasteiger partial charge on any atom is 0.0237 e. The highest BCUT2D eigenvalue weighted by Crippen LogP contribution is 2.33. The predicted molar refractivity (Wildman–Crippen MR) is 119 cm³/mol. The highest BCUT2D eigenvalue weighted by Gasteiger charge is 2.38. The third-order valence-electron chi connectivity index (χ3n) is 8.66. The molecule has 0 radical (unpaired) electrons. The molecule has 0 amide bonds. The van der Waals surface area contributed by atoms with Crippen LogP contribution in [-0.4, -0.2) is 74.2 Å². The average molecular weight is 391 g/mol. The van der Waals surface area contributed by atoms with Gasteiger partial charge >= 0.3 is 0 Å². The second-order valence-electron chi connectivity index (χ2n) is 10.7. The molecule has 4 rings (SSSR count). The summed E-state index contributed by atoms with van der Waals surface area (Å²) in [7, 11) is 2.13. The van der Waals surface area contributed by atoms with Gasteiger partial charge in [0.2, 0.25) is 0 Å². The quantitative estimate of drug-likeness (QED) is 0.633. The van der Waals surface area contributed by atoms with Gasteiger partial charge in [-0.05, 0) is 75.8 Å². The summed E-state index contributed by atoms with van der Waals surface area (Å²) in [6.07, 6.45) is 11.2. The summed E-state index contributed by atoms with van der Waals surface area (Å²) in [6, 6.07) is 2.32. The van der Waals surface area contributed by atoms with E-state index in [0.717, 1.165) is 41.8 Å². The molecule has 5 atom stereocenters. The Labute approximate surface area is 174 Å². The average Bonchev–Trinajstić information content (AvgIpc) is 3.39. The normalized spacial score (nSPS) is 42.3. The predicted octanol–water partition coefficient (Wildman–Crippen LogP) is 3.19. The van der Waals surface area contributed by atoms with E-state index in [2.05, 4.69) is 41.3 Å². The van der Waals surface area contributed by atoms with Gasteiger partial charge in [-0.25, -0.2) is 0 Å². The maximum atomic E-state index is 4.09. The van der Waals surface area contributed by atoms with E-state index in [1.165, 1.54) is 90.6 Å². The van der Waals surface area contributed by atoms with Gasteiger partial charge < -0.3 is 20.4 Å². The second kappa shape index (κ2) is 9.76. The van der Waals surface area contributed by atoms with Crippen LogP contribution in [0.1, 0.15) is 65.2 Å². The molecule has 0 spiro atoms. The zero-order chi connectivity index (χ0) is 19.5. The minimum Gasteiger partial charge on any atom is -0.317 e. The Balaban J connectivity index is 1.16. The van der Waals surface area contributed by atoms with Gasteiger partial charge in [-0.1, -0.05) is 26.7 Å². The Kier molecular flexibility index (Phi) is 7.35. The molecule has 0 aromatic rings. The summed E-state index contributed by atoms with van der Waals surface area (Å²) in [6.45, 7) is 12.8. The lowest BCUT2D eigenvalue weighted by Crippen LogP contribution is -2.51. The van der Waals surface area contributed by atoms with Crippen LogP contribution in [0.2, 0.25) is 0 Å². The summed E-state index contributed by atoms with van der Waals surface area (Å²) >= 11 is 0. The molecule has 2 heterocycles. The van der Waals surface area contributed by atoms with Crippen LogP contribution >= 0.6 is 0 Å². The van der Waals surface area contributed by atoms with E-state index in [1.807, 2.05) is 0 Å². The molecule has 4 aliphatic rings. The van der Waals surface area contributed by atoms with Crippen LogP contribution in [0.5, 0.6) is 0 Å². The zero-order valence-corrected chi connectivity index (χ0v) is 18.8. The van der Waals surface area contributed by atoms with Crippen LogP contribution in [0.25, 0.3) is 0 Å². The smallest absolute Gasteiger partial charge is 0.0237 e. The number of nitrogens with zero attached hydrogens (tertiary/aromatic N) is 2. The first-order valence-corrected chi connectivity index (χ1v) is 12.5. The van der Waals surface area contributed by atoms with Crippen molar-refractivity contribution in [1.82, 2.24) is 20.4 Å². The van der Waals surface area contributed by atoms with Crippen molar-refractivity contribution in [3.8, 4) is 0 Å². The lowest BCUT2D eigenvalue weighted by Gasteiger charge is -2.40. The van der Waals surface area contributed by atoms with Gasteiger partial charge in [0.1, 0.15) is 0 Å². The van der Waals surface area contributed by atoms with Gasteiger partial charge in [0.05, 0.1) is 0 Å². The molecule has 28 heavy (non-hydrogen) atoms. The van der Waals surface area contributed by atoms with E-state index in [4.69, 9.17) is 0 Å². The first-order chi connectivity index (χ1) is 13.7. The molecule has 2 saturated heterocycles. The van der Waals surface area contributed by atoms with E-state index in [9.17, 15) is 0 Å². The molecule has 4 fully saturated rings. The Bertz CT molecular complexity index is 477. The Morgan fingerprint density at radius 1 is 0.750 bits per heavy atom. The van der Waals surface area contributed by atoms with E-state index >= 15 is 0 Å². The van der Waals surface area contributed by atoms with E-state index in [1.54, 1.807) is 0 Å². The molecule has 2 N–H and O–H groups in total. The molecular weight excluding hydrogens is 344 g/mol. The van der Waals surface area contributed by atoms with Gasteiger partial charge in [0.15, 0.2) is 0 Å². The SMILES string of the molecule is CCC1CCN(CC2CC(NC3CN(CC4CCC(NC)C4)CC3CC)C2)C1. The van der Waals surface area contributed by atoms with Gasteiger partial charge in [-0.15, -0.1) is 0 Å². The number of hydrogen-bond donors (Lipinski definition) is 2. The Morgan fingerprint density at radius 2 is 1.54 bits per heavy atom. The van der Waals surface area contributed by atoms with Crippen molar-refractivity contribution >= 4 is 0 Å². The Hall–Kier alpha value is -0.160. The molecule has 0 bridgehead atoms. The summed E-state index contributed by atoms with van der Waals surface area (Å²) in [5.74, 6) is 3.73. The molecule has 2 saturated carbocycles. The van der Waals surface area contributed by atoms with E-state index in [-0.39, 0.29) is 0 Å². The molecule has 0 aromatic carbocycles. The first-order valence-electron chi connectivity index (χ1n) is 12.5. The lowest BCUT2D eigenvalue weighted by atomic mass is 9.79. The largest absolute Gasteiger partial charge is 0.317 e. The highest BCUT2D eigenvalue weighted by atomic mass is 15.2. The minimum atomic E-state index is 0.744. The number of nitrogens with one attached hydrogen (secondary N) is 2. The van der Waals surface area contributed by atoms with Crippen molar-refractivity contribution in [2.24, 2.45) is 23.7 Å². The highest BCUT2D eigenvalue weighted by molar-refractivity contribution is 4.96. The fraction of sp³-hybridized carbons (Fsp3) is 1.00. The minimum absolute atomic E-state index is 0.744. The fourth-order valence-corrected chi connectivity index (χ4v) is 6.68. The lowest BCUT2D eigenvalue weighted by molar-refractivity contribution is 0.144. The van der Waals surface area contributed by atoms with Crippen molar-refractivity contribution < 1.29 is 0 Å². The standard InChI is InChI=1S/C24H46N4/c1-4-18-8-9-27(13-18)15-20-11-23(12-20)26-24-17-28(16-21(24)5-2)14-19-6-7-22(10-19)25-3/h18-26H,4-17H2,1-3H3. The third-order valence-corrected chi connectivity index (χ3v) is 8.66. The van der Waals surface area contributed by atoms with Crippen molar-refractivity contribution in [1.29, 1.82) is 0 Å². The van der Waals surface area contributed by atoms with Crippen molar-refractivity contribution in [2.45, 2.75) is 83.3 Å². The summed E-state index contributed by atoms with van der Waals surface area (Å²) < 4.78 is 0. The van der Waals surface area contributed by atoms with Gasteiger partial charge in [0, 0.05) is 50.8 Å². The fourth-order valence-electron chi connectivity index (χ4n) is 6.68. The van der Waals surface area contributed by atoms with Gasteiger partial charge in [-0.2, -0.15) is 0 Å². The molecule has 2 aliphatic carbocycles. The van der Waals surface area contributed by atoms with Crippen LogP contribution in [-0.2, 0) is 0 Å². The van der Waals surface area contributed by atoms with Gasteiger partial charge in [-0.3, -0.25) is 0 Å². The van der Waals surface area contributed by atoms with Crippen LogP contribution in [0.15, 0.2) is 0 Å². The summed E-state index contributed by atoms with van der Waals surface area (Å²) in [5.41, 5.74) is 0. The molecule has 2 aliphatic heterocycles. The molecule has 5 unspecified atom stereocenters. The van der Waals surface area contributed by atoms with E-state index < -0.39 is 0 Å². The van der Waals surface area contributed by atoms with Crippen molar-refractivity contribution in [2.75, 3.05) is 46.3 Å². The van der Waals surface area contributed by atoms with Crippen molar-refractivity contribution in [3.05, 3.63) is 0 Å². The van der Waals surface area contributed by atoms with Crippen LogP contribution in [0.4, 0.5) is 0 Å². The number of rotatable bonds is 9. The number of hydrogen-bond acceptors (Lipinski definition) is 4. The number of likely N-dealkylation sites (tertiary alicyclic amines) is 2. The second-order valence-corrected chi connectivity index (χ2v) is 10.7. The van der Waals surface area contributed by atoms with Crippen LogP contribution in [0.3, 0.4) is 0 Å². The molecule has 0 aromatic heterocycles. The monoisotopic (exact) mass is 390 g/mol. The van der Waals surface area contributed by atoms with Crippen molar-refractivity contribution in [3.63, 3.8) is 0 Å². The zero-order valence-electron chi connectivity index (χ0n) is 18.8. The molecule has 4 nitrogen and oxygen atoms in total. The molecular formula is C24H46N4. The molecule has 162 valence electrons. The van der Waals surface area contributed by atoms with E-state index in [0.29, 0.717) is 0 Å². The topological polar surface area (TPSA) is 30.5 Å². The van der Waals surface area contributed by atoms with Crippen LogP contribution < -0.4 is 10.6 Å². The maximum absolute atomic E-state index is 4.09. The third kappa shape index (κ3) is 5.11. The first kappa shape index (κ1) is 21.1. The summed E-state index contributed by atoms with van der Waals surface area (Å²) in [4.78, 5) is 5.54. The Morgan fingerprint density at radius 3 is 2.21 bits per heavy atom. The van der Waals surface area contributed by atoms with Gasteiger partial charge in [0.25, 0.3) is 0 Å². The van der Waals surface area contributed by atoms with Crippen LogP contribution in [0, 0.1) is 23.7 Å². The summed E-state index contributed by atoms with van der Waals surface area (Å²) in [5, 5.41) is 7.58. The molecule has 4 heteroatoms.